The van der Waals surface area contributed by atoms with E-state index in [9.17, 15) is 14.4 Å². The van der Waals surface area contributed by atoms with Crippen molar-refractivity contribution in [1.82, 2.24) is 20.9 Å². The van der Waals surface area contributed by atoms with Crippen LogP contribution in [0.1, 0.15) is 80.3 Å². The van der Waals surface area contributed by atoms with Crippen LogP contribution in [0.2, 0.25) is 0 Å². The predicted octanol–water partition coefficient (Wildman–Crippen LogP) is 3.72. The van der Waals surface area contributed by atoms with Crippen LogP contribution in [0.15, 0.2) is 48.7 Å². The number of aryl methyl sites for hydroxylation is 1. The highest BCUT2D eigenvalue weighted by Gasteiger charge is 2.68. The van der Waals surface area contributed by atoms with Crippen LogP contribution >= 0.6 is 0 Å². The van der Waals surface area contributed by atoms with E-state index in [4.69, 9.17) is 9.31 Å². The number of nitrogens with one attached hydrogen (secondary N) is 3. The van der Waals surface area contributed by atoms with Crippen molar-refractivity contribution >= 4 is 24.8 Å². The highest BCUT2D eigenvalue weighted by atomic mass is 16.7. The highest BCUT2D eigenvalue weighted by Crippen LogP contribution is 2.65. The number of rotatable bonds is 10. The lowest BCUT2D eigenvalue weighted by molar-refractivity contribution is -0.199. The summed E-state index contributed by atoms with van der Waals surface area (Å²) in [6, 6.07) is 11.1. The van der Waals surface area contributed by atoms with Gasteiger partial charge in [0.25, 0.3) is 11.8 Å². The van der Waals surface area contributed by atoms with Crippen LogP contribution in [0.5, 0.6) is 0 Å². The summed E-state index contributed by atoms with van der Waals surface area (Å²) in [7, 11) is -0.601. The summed E-state index contributed by atoms with van der Waals surface area (Å²) in [5.41, 5.74) is 1.49. The van der Waals surface area contributed by atoms with Gasteiger partial charge in [0.1, 0.15) is 11.7 Å². The van der Waals surface area contributed by atoms with Gasteiger partial charge in [-0.3, -0.25) is 19.4 Å². The number of amides is 3. The molecule has 3 aliphatic carbocycles. The summed E-state index contributed by atoms with van der Waals surface area (Å²) in [6.45, 7) is 12.8. The fourth-order valence-electron chi connectivity index (χ4n) is 7.04. The molecule has 3 N–H and O–H groups in total. The molecule has 1 saturated heterocycles. The van der Waals surface area contributed by atoms with E-state index in [1.54, 1.807) is 30.3 Å². The summed E-state index contributed by atoms with van der Waals surface area (Å²) in [5, 5.41) is 8.70. The van der Waals surface area contributed by atoms with Gasteiger partial charge in [0.2, 0.25) is 5.91 Å². The summed E-state index contributed by atoms with van der Waals surface area (Å²) in [6.07, 6.45) is 4.22. The van der Waals surface area contributed by atoms with Crippen molar-refractivity contribution in [3.05, 3.63) is 65.5 Å². The number of nitrogens with zero attached hydrogens (tertiary/aromatic N) is 1. The number of benzene rings is 1. The molecule has 6 rings (SSSR count). The van der Waals surface area contributed by atoms with Gasteiger partial charge in [-0.2, -0.15) is 0 Å². The molecule has 3 saturated carbocycles. The van der Waals surface area contributed by atoms with Gasteiger partial charge >= 0.3 is 7.12 Å². The third-order valence-corrected chi connectivity index (χ3v) is 9.65. The first-order valence-corrected chi connectivity index (χ1v) is 15.1. The third kappa shape index (κ3) is 5.97. The largest absolute Gasteiger partial charge is 0.481 e. The van der Waals surface area contributed by atoms with Gasteiger partial charge in [-0.15, -0.1) is 0 Å². The molecule has 6 atom stereocenters. The normalized spacial score (nSPS) is 26.9. The van der Waals surface area contributed by atoms with Gasteiger partial charge in [0, 0.05) is 18.3 Å². The minimum absolute atomic E-state index is 0.0145. The fourth-order valence-corrected chi connectivity index (χ4v) is 7.04. The van der Waals surface area contributed by atoms with Gasteiger partial charge in [0.15, 0.2) is 0 Å². The lowest BCUT2D eigenvalue weighted by atomic mass is 9.43. The molecule has 2 bridgehead atoms. The van der Waals surface area contributed by atoms with E-state index in [1.165, 1.54) is 6.20 Å². The highest BCUT2D eigenvalue weighted by molar-refractivity contribution is 6.48. The molecule has 0 unspecified atom stereocenters. The fraction of sp³-hybridized carbons (Fsp3) is 0.562. The molecule has 42 heavy (non-hydrogen) atoms. The van der Waals surface area contributed by atoms with Crippen molar-refractivity contribution in [2.75, 3.05) is 6.54 Å². The first-order chi connectivity index (χ1) is 19.9. The first kappa shape index (κ1) is 30.2. The Morgan fingerprint density at radius 2 is 1.76 bits per heavy atom. The number of aromatic nitrogens is 1. The van der Waals surface area contributed by atoms with E-state index in [2.05, 4.69) is 55.6 Å². The second kappa shape index (κ2) is 11.8. The van der Waals surface area contributed by atoms with Gasteiger partial charge in [-0.1, -0.05) is 51.5 Å². The van der Waals surface area contributed by atoms with Crippen molar-refractivity contribution in [3.63, 3.8) is 0 Å². The molecule has 0 radical (unpaired) electrons. The maximum Gasteiger partial charge on any atom is 0.481 e. The van der Waals surface area contributed by atoms with Gasteiger partial charge in [-0.25, -0.2) is 0 Å². The Morgan fingerprint density at radius 1 is 1.02 bits per heavy atom. The second-order valence-electron chi connectivity index (χ2n) is 13.4. The van der Waals surface area contributed by atoms with Gasteiger partial charge < -0.3 is 25.3 Å². The molecule has 3 amide bonds. The molecule has 0 spiro atoms. The maximum atomic E-state index is 13.8. The molecule has 10 heteroatoms. The Hall–Kier alpha value is -3.24. The Balaban J connectivity index is 1.31. The van der Waals surface area contributed by atoms with Crippen LogP contribution in [0.3, 0.4) is 0 Å². The minimum atomic E-state index is -1.05. The predicted molar refractivity (Wildman–Crippen MR) is 161 cm³/mol. The van der Waals surface area contributed by atoms with Crippen LogP contribution in [-0.4, -0.2) is 60.1 Å². The monoisotopic (exact) mass is 574 g/mol. The molecule has 4 fully saturated rings. The zero-order valence-corrected chi connectivity index (χ0v) is 25.5. The standard InChI is InChI=1S/C32H43BN4O5/c1-19(2)15-27(33-41-26-17-22-16-25(31(22,4)5)32(26,6)42-33)37-30(40)24(36-29(39)23-9-7-8-14-34-23)18-35-28(38)21-12-10-20(3)11-13-21/h7-14,19,22,24-27H,15-18H2,1-6H3,(H,35,38)(H,36,39)(H,37,40)/t22-,24+,25-,26-,27+,32+/m1/s1. The molecule has 2 heterocycles. The number of carbonyl (C=O) groups is 3. The Labute approximate surface area is 249 Å². The SMILES string of the molecule is Cc1ccc(C(=O)NC[C@H](NC(=O)c2ccccn2)C(=O)N[C@@H](CC(C)C)B2O[C@@H]3C[C@H]4C[C@H](C4(C)C)[C@]3(C)O2)cc1. The van der Waals surface area contributed by atoms with Crippen LogP contribution in [0, 0.1) is 30.1 Å². The Kier molecular flexibility index (Phi) is 8.49. The van der Waals surface area contributed by atoms with E-state index in [-0.39, 0.29) is 35.6 Å². The lowest BCUT2D eigenvalue weighted by Crippen LogP contribution is -2.65. The van der Waals surface area contributed by atoms with Crippen LogP contribution in [0.25, 0.3) is 0 Å². The average Bonchev–Trinajstić information content (AvgIpc) is 3.32. The molecule has 1 aromatic heterocycles. The second-order valence-corrected chi connectivity index (χ2v) is 13.4. The quantitative estimate of drug-likeness (QED) is 0.373. The van der Waals surface area contributed by atoms with E-state index < -0.39 is 36.5 Å². The average molecular weight is 575 g/mol. The molecule has 1 aromatic carbocycles. The molecule has 2 aromatic rings. The summed E-state index contributed by atoms with van der Waals surface area (Å²) in [5.74, 6) is -0.422. The van der Waals surface area contributed by atoms with E-state index in [0.717, 1.165) is 18.4 Å². The first-order valence-electron chi connectivity index (χ1n) is 15.1. The number of carbonyl (C=O) groups excluding carboxylic acids is 3. The summed E-state index contributed by atoms with van der Waals surface area (Å²) in [4.78, 5) is 43.8. The number of hydrogen-bond donors (Lipinski definition) is 3. The maximum absolute atomic E-state index is 13.8. The molecule has 9 nitrogen and oxygen atoms in total. The lowest BCUT2D eigenvalue weighted by Gasteiger charge is -2.64. The molecular formula is C32H43BN4O5. The summed E-state index contributed by atoms with van der Waals surface area (Å²) < 4.78 is 13.2. The minimum Gasteiger partial charge on any atom is -0.404 e. The van der Waals surface area contributed by atoms with E-state index >= 15 is 0 Å². The van der Waals surface area contributed by atoms with Crippen molar-refractivity contribution in [1.29, 1.82) is 0 Å². The number of pyridine rings is 1. The van der Waals surface area contributed by atoms with Crippen LogP contribution in [-0.2, 0) is 14.1 Å². The molecule has 1 aliphatic heterocycles. The van der Waals surface area contributed by atoms with Crippen molar-refractivity contribution < 1.29 is 23.7 Å². The Bertz CT molecular complexity index is 1300. The number of hydrogen-bond acceptors (Lipinski definition) is 6. The Morgan fingerprint density at radius 3 is 2.40 bits per heavy atom. The van der Waals surface area contributed by atoms with Crippen LogP contribution < -0.4 is 16.0 Å². The zero-order chi connectivity index (χ0) is 30.2. The zero-order valence-electron chi connectivity index (χ0n) is 25.5. The van der Waals surface area contributed by atoms with Crippen molar-refractivity contribution in [3.8, 4) is 0 Å². The molecule has 224 valence electrons. The molecular weight excluding hydrogens is 531 g/mol. The van der Waals surface area contributed by atoms with Crippen molar-refractivity contribution in [2.24, 2.45) is 23.2 Å². The van der Waals surface area contributed by atoms with E-state index in [1.807, 2.05) is 19.1 Å². The van der Waals surface area contributed by atoms with E-state index in [0.29, 0.717) is 23.8 Å². The third-order valence-electron chi connectivity index (χ3n) is 9.65. The molecule has 4 aliphatic rings. The van der Waals surface area contributed by atoms with Gasteiger partial charge in [-0.05, 0) is 80.5 Å². The topological polar surface area (TPSA) is 119 Å². The van der Waals surface area contributed by atoms with Crippen LogP contribution in [0.4, 0.5) is 0 Å². The smallest absolute Gasteiger partial charge is 0.404 e. The summed E-state index contributed by atoms with van der Waals surface area (Å²) >= 11 is 0. The van der Waals surface area contributed by atoms with Gasteiger partial charge in [0.05, 0.1) is 17.6 Å². The van der Waals surface area contributed by atoms with Crippen molar-refractivity contribution in [2.45, 2.75) is 84.5 Å².